The van der Waals surface area contributed by atoms with E-state index in [1.54, 1.807) is 0 Å². The highest BCUT2D eigenvalue weighted by molar-refractivity contribution is 7.92. The van der Waals surface area contributed by atoms with Crippen LogP contribution in [0, 0.1) is 11.8 Å². The number of nitrogens with one attached hydrogen (secondary N) is 2. The Morgan fingerprint density at radius 1 is 1.20 bits per heavy atom. The van der Waals surface area contributed by atoms with Gasteiger partial charge in [-0.05, 0) is 44.2 Å². The van der Waals surface area contributed by atoms with Gasteiger partial charge in [0.2, 0.25) is 10.0 Å². The van der Waals surface area contributed by atoms with Crippen molar-refractivity contribution < 1.29 is 16.8 Å². The molecule has 0 aromatic carbocycles. The summed E-state index contributed by atoms with van der Waals surface area (Å²) in [6, 6.07) is 0. The molecule has 0 aromatic rings. The maximum atomic E-state index is 12.2. The fraction of sp³-hybridized carbons (Fsp3) is 1.00. The summed E-state index contributed by atoms with van der Waals surface area (Å²) in [6.45, 7) is 4.44. The van der Waals surface area contributed by atoms with Gasteiger partial charge in [0, 0.05) is 6.54 Å². The van der Waals surface area contributed by atoms with Crippen molar-refractivity contribution in [3.05, 3.63) is 0 Å². The lowest BCUT2D eigenvalue weighted by Gasteiger charge is -2.30. The average molecular weight is 324 g/mol. The molecule has 2 heterocycles. The maximum absolute atomic E-state index is 12.2. The fourth-order valence-electron chi connectivity index (χ4n) is 2.89. The average Bonchev–Trinajstić information content (AvgIpc) is 2.37. The van der Waals surface area contributed by atoms with Crippen molar-refractivity contribution in [1.82, 2.24) is 10.0 Å². The van der Waals surface area contributed by atoms with Gasteiger partial charge in [-0.2, -0.15) is 0 Å². The second-order valence-corrected chi connectivity index (χ2v) is 10.3. The predicted octanol–water partition coefficient (Wildman–Crippen LogP) is -0.271. The zero-order valence-electron chi connectivity index (χ0n) is 11.8. The molecule has 2 rings (SSSR count). The van der Waals surface area contributed by atoms with Crippen molar-refractivity contribution in [3.8, 4) is 0 Å². The van der Waals surface area contributed by atoms with Gasteiger partial charge >= 0.3 is 0 Å². The van der Waals surface area contributed by atoms with Crippen LogP contribution in [0.2, 0.25) is 0 Å². The Bertz CT molecular complexity index is 516. The summed E-state index contributed by atoms with van der Waals surface area (Å²) in [4.78, 5) is 0. The first-order valence-corrected chi connectivity index (χ1v) is 10.6. The van der Waals surface area contributed by atoms with Crippen LogP contribution in [0.15, 0.2) is 0 Å². The van der Waals surface area contributed by atoms with Gasteiger partial charge in [0.05, 0.1) is 16.8 Å². The van der Waals surface area contributed by atoms with Gasteiger partial charge in [0.15, 0.2) is 0 Å². The van der Waals surface area contributed by atoms with Gasteiger partial charge in [-0.1, -0.05) is 6.92 Å². The quantitative estimate of drug-likeness (QED) is 0.742. The van der Waals surface area contributed by atoms with E-state index in [1.165, 1.54) is 0 Å². The van der Waals surface area contributed by atoms with E-state index < -0.39 is 25.1 Å². The molecule has 0 aliphatic carbocycles. The first kappa shape index (κ1) is 16.2. The number of rotatable bonds is 4. The van der Waals surface area contributed by atoms with Crippen LogP contribution in [0.5, 0.6) is 0 Å². The van der Waals surface area contributed by atoms with E-state index in [0.717, 1.165) is 19.5 Å². The van der Waals surface area contributed by atoms with Gasteiger partial charge in [-0.15, -0.1) is 0 Å². The number of hydrogen-bond donors (Lipinski definition) is 2. The van der Waals surface area contributed by atoms with Gasteiger partial charge in [0.25, 0.3) is 0 Å². The number of sulfone groups is 1. The van der Waals surface area contributed by atoms with Crippen molar-refractivity contribution in [1.29, 1.82) is 0 Å². The molecule has 118 valence electrons. The third-order valence-corrected chi connectivity index (χ3v) is 8.08. The molecule has 0 aromatic heterocycles. The SMILES string of the molecule is CC1CNCCC1CNS(=O)(=O)C1CCS(=O)(=O)CC1. The normalized spacial score (nSPS) is 32.0. The van der Waals surface area contributed by atoms with E-state index in [9.17, 15) is 16.8 Å². The van der Waals surface area contributed by atoms with Crippen molar-refractivity contribution in [3.63, 3.8) is 0 Å². The highest BCUT2D eigenvalue weighted by Gasteiger charge is 2.33. The van der Waals surface area contributed by atoms with Crippen LogP contribution in [0.25, 0.3) is 0 Å². The van der Waals surface area contributed by atoms with Crippen molar-refractivity contribution in [2.24, 2.45) is 11.8 Å². The lowest BCUT2D eigenvalue weighted by Crippen LogP contribution is -2.45. The number of sulfonamides is 1. The monoisotopic (exact) mass is 324 g/mol. The summed E-state index contributed by atoms with van der Waals surface area (Å²) in [6.07, 6.45) is 1.42. The molecule has 2 aliphatic rings. The Labute approximate surface area is 121 Å². The summed E-state index contributed by atoms with van der Waals surface area (Å²) >= 11 is 0. The van der Waals surface area contributed by atoms with Crippen molar-refractivity contribution >= 4 is 19.9 Å². The standard InChI is InChI=1S/C12H24N2O4S2/c1-10-8-13-5-2-11(10)9-14-20(17,18)12-3-6-19(15,16)7-4-12/h10-14H,2-9H2,1H3. The zero-order valence-corrected chi connectivity index (χ0v) is 13.5. The molecule has 2 aliphatic heterocycles. The van der Waals surface area contributed by atoms with Crippen LogP contribution in [0.3, 0.4) is 0 Å². The van der Waals surface area contributed by atoms with E-state index >= 15 is 0 Å². The molecular weight excluding hydrogens is 300 g/mol. The molecule has 2 saturated heterocycles. The first-order valence-electron chi connectivity index (χ1n) is 7.20. The summed E-state index contributed by atoms with van der Waals surface area (Å²) in [5.74, 6) is 0.793. The topological polar surface area (TPSA) is 92.3 Å². The van der Waals surface area contributed by atoms with E-state index in [0.29, 0.717) is 18.4 Å². The molecule has 20 heavy (non-hydrogen) atoms. The molecule has 2 unspecified atom stereocenters. The van der Waals surface area contributed by atoms with Gasteiger partial charge < -0.3 is 5.32 Å². The van der Waals surface area contributed by atoms with Crippen molar-refractivity contribution in [2.45, 2.75) is 31.4 Å². The summed E-state index contributed by atoms with van der Waals surface area (Å²) in [5, 5.41) is 2.74. The third kappa shape index (κ3) is 4.16. The Hall–Kier alpha value is -0.180. The number of hydrogen-bond acceptors (Lipinski definition) is 5. The minimum atomic E-state index is -3.39. The van der Waals surface area contributed by atoms with Gasteiger partial charge in [0.1, 0.15) is 9.84 Å². The van der Waals surface area contributed by atoms with Crippen LogP contribution >= 0.6 is 0 Å². The second-order valence-electron chi connectivity index (χ2n) is 5.97. The highest BCUT2D eigenvalue weighted by atomic mass is 32.2. The maximum Gasteiger partial charge on any atom is 0.214 e. The minimum Gasteiger partial charge on any atom is -0.316 e. The molecule has 0 amide bonds. The van der Waals surface area contributed by atoms with Crippen LogP contribution in [0.4, 0.5) is 0 Å². The van der Waals surface area contributed by atoms with Gasteiger partial charge in [-0.25, -0.2) is 21.6 Å². The Morgan fingerprint density at radius 2 is 1.85 bits per heavy atom. The van der Waals surface area contributed by atoms with E-state index in [2.05, 4.69) is 17.0 Å². The zero-order chi connectivity index (χ0) is 14.8. The predicted molar refractivity (Wildman–Crippen MR) is 78.7 cm³/mol. The molecule has 2 fully saturated rings. The lowest BCUT2D eigenvalue weighted by molar-refractivity contribution is 0.274. The summed E-state index contributed by atoms with van der Waals surface area (Å²) < 4.78 is 49.9. The summed E-state index contributed by atoms with van der Waals surface area (Å²) in [5.41, 5.74) is 0. The molecule has 0 saturated carbocycles. The smallest absolute Gasteiger partial charge is 0.214 e. The molecular formula is C12H24N2O4S2. The van der Waals surface area contributed by atoms with Crippen molar-refractivity contribution in [2.75, 3.05) is 31.1 Å². The lowest BCUT2D eigenvalue weighted by atomic mass is 9.88. The first-order chi connectivity index (χ1) is 9.30. The Kier molecular flexibility index (Phi) is 5.09. The Morgan fingerprint density at radius 3 is 2.45 bits per heavy atom. The fourth-order valence-corrected chi connectivity index (χ4v) is 6.22. The minimum absolute atomic E-state index is 0.0116. The number of piperidine rings is 1. The molecule has 0 radical (unpaired) electrons. The highest BCUT2D eigenvalue weighted by Crippen LogP contribution is 2.21. The second kappa shape index (κ2) is 6.29. The van der Waals surface area contributed by atoms with Gasteiger partial charge in [-0.3, -0.25) is 0 Å². The molecule has 2 N–H and O–H groups in total. The van der Waals surface area contributed by atoms with E-state index in [4.69, 9.17) is 0 Å². The van der Waals surface area contributed by atoms with Crippen LogP contribution in [-0.2, 0) is 19.9 Å². The van der Waals surface area contributed by atoms with Crippen LogP contribution < -0.4 is 10.0 Å². The van der Waals surface area contributed by atoms with Crippen LogP contribution in [-0.4, -0.2) is 53.2 Å². The molecule has 6 nitrogen and oxygen atoms in total. The van der Waals surface area contributed by atoms with E-state index in [1.807, 2.05) is 0 Å². The van der Waals surface area contributed by atoms with E-state index in [-0.39, 0.29) is 24.3 Å². The summed E-state index contributed by atoms with van der Waals surface area (Å²) in [7, 11) is -6.41. The molecule has 0 bridgehead atoms. The molecule has 8 heteroatoms. The molecule has 0 spiro atoms. The Balaban J connectivity index is 1.88. The van der Waals surface area contributed by atoms with Crippen LogP contribution in [0.1, 0.15) is 26.2 Å². The molecule has 2 atom stereocenters. The largest absolute Gasteiger partial charge is 0.316 e. The third-order valence-electron chi connectivity index (χ3n) is 4.45.